The molecule has 1 aromatic carbocycles. The molecule has 0 radical (unpaired) electrons. The summed E-state index contributed by atoms with van der Waals surface area (Å²) in [7, 11) is 0. The maximum atomic E-state index is 12.5. The Morgan fingerprint density at radius 3 is 2.36 bits per heavy atom. The van der Waals surface area contributed by atoms with Gasteiger partial charge in [0, 0.05) is 0 Å². The molecule has 0 amide bonds. The lowest BCUT2D eigenvalue weighted by Gasteiger charge is -2.03. The zero-order valence-corrected chi connectivity index (χ0v) is 7.15. The van der Waals surface area contributed by atoms with E-state index in [1.165, 1.54) is 0 Å². The number of rotatable bonds is 3. The Morgan fingerprint density at radius 1 is 1.29 bits per heavy atom. The SMILES string of the molecule is O=C(O)C(F)(F)/C=C/c1ccccc1. The second-order valence-corrected chi connectivity index (χ2v) is 2.67. The van der Waals surface area contributed by atoms with Crippen molar-refractivity contribution in [1.29, 1.82) is 0 Å². The lowest BCUT2D eigenvalue weighted by Crippen LogP contribution is -2.24. The Kier molecular flexibility index (Phi) is 2.96. The molecule has 0 spiro atoms. The maximum absolute atomic E-state index is 12.5. The Labute approximate surface area is 79.5 Å². The van der Waals surface area contributed by atoms with Gasteiger partial charge >= 0.3 is 11.9 Å². The molecule has 0 saturated carbocycles. The molecule has 0 aromatic heterocycles. The predicted molar refractivity (Wildman–Crippen MR) is 48.1 cm³/mol. The molecule has 4 heteroatoms. The van der Waals surface area contributed by atoms with Crippen molar-refractivity contribution in [2.75, 3.05) is 0 Å². The molecule has 1 N–H and O–H groups in total. The molecular weight excluding hydrogens is 190 g/mol. The van der Waals surface area contributed by atoms with E-state index in [2.05, 4.69) is 0 Å². The van der Waals surface area contributed by atoms with Crippen LogP contribution in [0.3, 0.4) is 0 Å². The van der Waals surface area contributed by atoms with Gasteiger partial charge in [0.25, 0.3) is 0 Å². The van der Waals surface area contributed by atoms with E-state index in [4.69, 9.17) is 5.11 Å². The number of carboxylic acid groups (broad SMARTS) is 1. The second kappa shape index (κ2) is 4.00. The van der Waals surface area contributed by atoms with Crippen LogP contribution in [0.15, 0.2) is 36.4 Å². The van der Waals surface area contributed by atoms with Crippen LogP contribution >= 0.6 is 0 Å². The molecule has 0 fully saturated rings. The highest BCUT2D eigenvalue weighted by Gasteiger charge is 2.35. The maximum Gasteiger partial charge on any atom is 0.378 e. The van der Waals surface area contributed by atoms with Gasteiger partial charge in [-0.1, -0.05) is 36.4 Å². The average Bonchev–Trinajstić information content (AvgIpc) is 2.16. The second-order valence-electron chi connectivity index (χ2n) is 2.67. The van der Waals surface area contributed by atoms with Gasteiger partial charge in [0.05, 0.1) is 0 Å². The highest BCUT2D eigenvalue weighted by molar-refractivity contribution is 5.79. The summed E-state index contributed by atoms with van der Waals surface area (Å²) in [5.41, 5.74) is 0.536. The molecule has 1 aromatic rings. The molecule has 74 valence electrons. The number of aliphatic carboxylic acids is 1. The first-order valence-corrected chi connectivity index (χ1v) is 3.88. The van der Waals surface area contributed by atoms with Crippen molar-refractivity contribution in [3.63, 3.8) is 0 Å². The number of benzene rings is 1. The number of alkyl halides is 2. The van der Waals surface area contributed by atoms with Crippen molar-refractivity contribution < 1.29 is 18.7 Å². The standard InChI is InChI=1S/C10H8F2O2/c11-10(12,9(13)14)7-6-8-4-2-1-3-5-8/h1-7H,(H,13,14)/b7-6+. The quantitative estimate of drug-likeness (QED) is 0.809. The van der Waals surface area contributed by atoms with Gasteiger partial charge in [-0.2, -0.15) is 8.78 Å². The number of carboxylic acids is 1. The van der Waals surface area contributed by atoms with Crippen molar-refractivity contribution in [3.8, 4) is 0 Å². The molecule has 14 heavy (non-hydrogen) atoms. The summed E-state index contributed by atoms with van der Waals surface area (Å²) in [5.74, 6) is -5.96. The van der Waals surface area contributed by atoms with Gasteiger partial charge in [0.1, 0.15) is 0 Å². The Bertz CT molecular complexity index is 344. The van der Waals surface area contributed by atoms with Gasteiger partial charge in [0.2, 0.25) is 0 Å². The Hall–Kier alpha value is -1.71. The lowest BCUT2D eigenvalue weighted by molar-refractivity contribution is -0.157. The topological polar surface area (TPSA) is 37.3 Å². The molecule has 0 aliphatic rings. The summed E-state index contributed by atoms with van der Waals surface area (Å²) >= 11 is 0. The Balaban J connectivity index is 2.79. The molecule has 0 atom stereocenters. The summed E-state index contributed by atoms with van der Waals surface area (Å²) in [6, 6.07) is 8.31. The van der Waals surface area contributed by atoms with Crippen LogP contribution < -0.4 is 0 Å². The van der Waals surface area contributed by atoms with Crippen LogP contribution in [0.1, 0.15) is 5.56 Å². The summed E-state index contributed by atoms with van der Waals surface area (Å²) in [6.07, 6.45) is 1.44. The predicted octanol–water partition coefficient (Wildman–Crippen LogP) is 2.42. The third-order valence-corrected chi connectivity index (χ3v) is 1.57. The van der Waals surface area contributed by atoms with Crippen molar-refractivity contribution in [3.05, 3.63) is 42.0 Å². The molecule has 0 aliphatic carbocycles. The van der Waals surface area contributed by atoms with E-state index in [1.54, 1.807) is 30.3 Å². The molecule has 2 nitrogen and oxygen atoms in total. The number of hydrogen-bond acceptors (Lipinski definition) is 1. The molecule has 1 rings (SSSR count). The summed E-state index contributed by atoms with van der Waals surface area (Å²) in [4.78, 5) is 10.0. The van der Waals surface area contributed by atoms with Crippen LogP contribution in [0.2, 0.25) is 0 Å². The molecular formula is C10H8F2O2. The normalized spacial score (nSPS) is 11.9. The van der Waals surface area contributed by atoms with E-state index in [0.29, 0.717) is 11.6 Å². The van der Waals surface area contributed by atoms with Crippen molar-refractivity contribution in [2.45, 2.75) is 5.92 Å². The molecule has 0 heterocycles. The van der Waals surface area contributed by atoms with Crippen LogP contribution in [-0.4, -0.2) is 17.0 Å². The van der Waals surface area contributed by atoms with Crippen LogP contribution in [0.5, 0.6) is 0 Å². The van der Waals surface area contributed by atoms with E-state index in [0.717, 1.165) is 6.08 Å². The Morgan fingerprint density at radius 2 is 1.86 bits per heavy atom. The minimum Gasteiger partial charge on any atom is -0.477 e. The van der Waals surface area contributed by atoms with Gasteiger partial charge in [-0.05, 0) is 11.6 Å². The third kappa shape index (κ3) is 2.65. The molecule has 0 aliphatic heterocycles. The number of halogens is 2. The fraction of sp³-hybridized carbons (Fsp3) is 0.100. The highest BCUT2D eigenvalue weighted by Crippen LogP contribution is 2.17. The molecule has 0 unspecified atom stereocenters. The lowest BCUT2D eigenvalue weighted by atomic mass is 10.2. The average molecular weight is 198 g/mol. The van der Waals surface area contributed by atoms with E-state index in [1.807, 2.05) is 0 Å². The zero-order chi connectivity index (χ0) is 10.6. The first-order valence-electron chi connectivity index (χ1n) is 3.88. The minimum atomic E-state index is -3.81. The monoisotopic (exact) mass is 198 g/mol. The van der Waals surface area contributed by atoms with Gasteiger partial charge in [-0.3, -0.25) is 0 Å². The van der Waals surface area contributed by atoms with Gasteiger partial charge in [0.15, 0.2) is 0 Å². The summed E-state index contributed by atoms with van der Waals surface area (Å²) < 4.78 is 25.1. The van der Waals surface area contributed by atoms with Crippen molar-refractivity contribution in [1.82, 2.24) is 0 Å². The molecule has 0 saturated heterocycles. The minimum absolute atomic E-state index is 0.366. The van der Waals surface area contributed by atoms with E-state index < -0.39 is 11.9 Å². The summed E-state index contributed by atoms with van der Waals surface area (Å²) in [6.45, 7) is 0. The first-order chi connectivity index (χ1) is 6.52. The van der Waals surface area contributed by atoms with Crippen LogP contribution in [0, 0.1) is 0 Å². The fourth-order valence-electron chi connectivity index (χ4n) is 0.836. The van der Waals surface area contributed by atoms with Crippen LogP contribution in [0.4, 0.5) is 8.78 Å². The van der Waals surface area contributed by atoms with E-state index in [-0.39, 0.29) is 0 Å². The van der Waals surface area contributed by atoms with Gasteiger partial charge in [-0.15, -0.1) is 0 Å². The largest absolute Gasteiger partial charge is 0.477 e. The molecule has 0 bridgehead atoms. The first kappa shape index (κ1) is 10.4. The number of hydrogen-bond donors (Lipinski definition) is 1. The smallest absolute Gasteiger partial charge is 0.378 e. The van der Waals surface area contributed by atoms with Gasteiger partial charge < -0.3 is 5.11 Å². The third-order valence-electron chi connectivity index (χ3n) is 1.57. The highest BCUT2D eigenvalue weighted by atomic mass is 19.3. The fourth-order valence-corrected chi connectivity index (χ4v) is 0.836. The van der Waals surface area contributed by atoms with Crippen LogP contribution in [0.25, 0.3) is 6.08 Å². The van der Waals surface area contributed by atoms with E-state index >= 15 is 0 Å². The number of carbonyl (C=O) groups is 1. The summed E-state index contributed by atoms with van der Waals surface area (Å²) in [5, 5.41) is 8.12. The van der Waals surface area contributed by atoms with Crippen molar-refractivity contribution in [2.24, 2.45) is 0 Å². The van der Waals surface area contributed by atoms with E-state index in [9.17, 15) is 13.6 Å². The zero-order valence-electron chi connectivity index (χ0n) is 7.15. The van der Waals surface area contributed by atoms with Crippen LogP contribution in [-0.2, 0) is 4.79 Å². The van der Waals surface area contributed by atoms with Crippen molar-refractivity contribution >= 4 is 12.0 Å². The van der Waals surface area contributed by atoms with Gasteiger partial charge in [-0.25, -0.2) is 4.79 Å².